The first-order valence-electron chi connectivity index (χ1n) is 8.67. The number of fused-ring (bicyclic) bond motifs is 1. The Kier molecular flexibility index (Phi) is 4.24. The van der Waals surface area contributed by atoms with Crippen molar-refractivity contribution >= 4 is 21.9 Å². The molecule has 0 bridgehead atoms. The molecule has 0 aliphatic carbocycles. The van der Waals surface area contributed by atoms with E-state index in [1.165, 1.54) is 17.3 Å². The van der Waals surface area contributed by atoms with Crippen LogP contribution in [-0.4, -0.2) is 19.3 Å². The average molecular weight is 384 g/mol. The molecule has 0 saturated carbocycles. The van der Waals surface area contributed by atoms with Gasteiger partial charge in [-0.3, -0.25) is 4.68 Å². The van der Waals surface area contributed by atoms with Gasteiger partial charge in [-0.15, -0.1) is 0 Å². The molecule has 27 heavy (non-hydrogen) atoms. The normalized spacial score (nSPS) is 15.5. The van der Waals surface area contributed by atoms with E-state index in [-0.39, 0.29) is 4.90 Å². The van der Waals surface area contributed by atoms with E-state index < -0.39 is 10.4 Å². The van der Waals surface area contributed by atoms with Crippen molar-refractivity contribution in [3.63, 3.8) is 0 Å². The standard InChI is InChI=1S/C19H21N5O2S/c1-13-19(14(2)23(3)21-13)22-27(25,26)17-8-9-18(20-10-17)24-11-15-6-4-5-7-16(15)12-24/h4-10H,11-12H2,1-3H3,(H-,22,25,26)/p+1. The Hall–Kier alpha value is -2.71. The van der Waals surface area contributed by atoms with Crippen LogP contribution in [0.4, 0.5) is 11.5 Å². The Balaban J connectivity index is 1.54. The van der Waals surface area contributed by atoms with Crippen LogP contribution in [0.2, 0.25) is 0 Å². The maximum Gasteiger partial charge on any atom is 0.347 e. The molecule has 140 valence electrons. The fourth-order valence-corrected chi connectivity index (χ4v) is 4.47. The quantitative estimate of drug-likeness (QED) is 0.674. The first-order valence-corrected chi connectivity index (χ1v) is 10.2. The molecule has 3 heterocycles. The molecule has 1 aromatic carbocycles. The van der Waals surface area contributed by atoms with Crippen LogP contribution in [0.15, 0.2) is 47.5 Å². The van der Waals surface area contributed by atoms with Crippen molar-refractivity contribution in [3.05, 3.63) is 65.1 Å². The number of nitrogens with zero attached hydrogens (tertiary/aromatic N) is 4. The van der Waals surface area contributed by atoms with Crippen LogP contribution in [0.1, 0.15) is 22.5 Å². The lowest BCUT2D eigenvalue weighted by Gasteiger charge is -2.16. The van der Waals surface area contributed by atoms with Crippen molar-refractivity contribution in [1.82, 2.24) is 14.8 Å². The molecule has 4 rings (SSSR count). The number of hydrogen-bond donors (Lipinski definition) is 2. The third-order valence-electron chi connectivity index (χ3n) is 4.95. The molecule has 2 N–H and O–H groups in total. The molecule has 0 radical (unpaired) electrons. The van der Waals surface area contributed by atoms with Gasteiger partial charge in [0.2, 0.25) is 4.90 Å². The van der Waals surface area contributed by atoms with E-state index in [2.05, 4.69) is 31.8 Å². The van der Waals surface area contributed by atoms with Gasteiger partial charge >= 0.3 is 10.4 Å². The van der Waals surface area contributed by atoms with Gasteiger partial charge < -0.3 is 4.90 Å². The van der Waals surface area contributed by atoms with Crippen LogP contribution in [-0.2, 0) is 34.7 Å². The predicted octanol–water partition coefficient (Wildman–Crippen LogP) is 3.31. The summed E-state index contributed by atoms with van der Waals surface area (Å²) in [5.74, 6) is 0.791. The number of aromatic nitrogens is 3. The zero-order valence-corrected chi connectivity index (χ0v) is 16.3. The van der Waals surface area contributed by atoms with Gasteiger partial charge in [-0.1, -0.05) is 24.3 Å². The second-order valence-electron chi connectivity index (χ2n) is 6.77. The molecule has 0 fully saturated rings. The van der Waals surface area contributed by atoms with Gasteiger partial charge in [0.15, 0.2) is 0 Å². The predicted molar refractivity (Wildman–Crippen MR) is 106 cm³/mol. The van der Waals surface area contributed by atoms with Crippen molar-refractivity contribution < 1.29 is 8.76 Å². The largest absolute Gasteiger partial charge is 0.348 e. The summed E-state index contributed by atoms with van der Waals surface area (Å²) in [4.78, 5) is 6.82. The monoisotopic (exact) mass is 384 g/mol. The Morgan fingerprint density at radius 1 is 1.11 bits per heavy atom. The van der Waals surface area contributed by atoms with Crippen LogP contribution in [0.25, 0.3) is 0 Å². The summed E-state index contributed by atoms with van der Waals surface area (Å²) in [6, 6.07) is 11.8. The molecule has 3 aromatic rings. The highest BCUT2D eigenvalue weighted by Gasteiger charge is 2.33. The molecule has 1 unspecified atom stereocenters. The van der Waals surface area contributed by atoms with Gasteiger partial charge in [0.05, 0.1) is 17.6 Å². The van der Waals surface area contributed by atoms with Gasteiger partial charge in [-0.05, 0) is 35.2 Å². The number of nitrogens with one attached hydrogen (secondary N) is 1. The molecule has 0 amide bonds. The van der Waals surface area contributed by atoms with Crippen molar-refractivity contribution in [2.24, 2.45) is 7.05 Å². The first kappa shape index (κ1) is 17.7. The van der Waals surface area contributed by atoms with Gasteiger partial charge in [0.25, 0.3) is 0 Å². The molecule has 2 aromatic heterocycles. The highest BCUT2D eigenvalue weighted by atomic mass is 32.3. The van der Waals surface area contributed by atoms with E-state index in [0.29, 0.717) is 11.4 Å². The zero-order chi connectivity index (χ0) is 19.2. The van der Waals surface area contributed by atoms with E-state index in [9.17, 15) is 8.76 Å². The Labute approximate surface area is 159 Å². The number of anilines is 2. The summed E-state index contributed by atoms with van der Waals surface area (Å²) in [6.07, 6.45) is 1.47. The second kappa shape index (κ2) is 6.47. The van der Waals surface area contributed by atoms with E-state index in [1.807, 2.05) is 19.1 Å². The van der Waals surface area contributed by atoms with E-state index in [0.717, 1.165) is 24.6 Å². The van der Waals surface area contributed by atoms with Gasteiger partial charge in [-0.25, -0.2) is 4.98 Å². The van der Waals surface area contributed by atoms with E-state index in [1.54, 1.807) is 30.8 Å². The van der Waals surface area contributed by atoms with E-state index in [4.69, 9.17) is 0 Å². The first-order chi connectivity index (χ1) is 12.8. The summed E-state index contributed by atoms with van der Waals surface area (Å²) in [5, 5.41) is 4.27. The molecule has 8 heteroatoms. The smallest absolute Gasteiger partial charge is 0.347 e. The van der Waals surface area contributed by atoms with Gasteiger partial charge in [0.1, 0.15) is 11.5 Å². The molecule has 0 spiro atoms. The fraction of sp³-hybridized carbons (Fsp3) is 0.263. The molecule has 7 nitrogen and oxygen atoms in total. The summed E-state index contributed by atoms with van der Waals surface area (Å²) in [6.45, 7) is 5.24. The van der Waals surface area contributed by atoms with Crippen LogP contribution in [0.3, 0.4) is 0 Å². The lowest BCUT2D eigenvalue weighted by molar-refractivity contribution is 0.502. The highest BCUT2D eigenvalue weighted by molar-refractivity contribution is 7.99. The number of pyridine rings is 1. The Morgan fingerprint density at radius 3 is 2.30 bits per heavy atom. The number of rotatable bonds is 4. The maximum absolute atomic E-state index is 12.8. The van der Waals surface area contributed by atoms with E-state index >= 15 is 0 Å². The summed E-state index contributed by atoms with van der Waals surface area (Å²) in [5.41, 5.74) is 4.63. The number of aryl methyl sites for hydroxylation is 2. The van der Waals surface area contributed by atoms with Crippen molar-refractivity contribution in [2.75, 3.05) is 9.62 Å². The molecule has 1 atom stereocenters. The number of benzene rings is 1. The highest BCUT2D eigenvalue weighted by Crippen LogP contribution is 2.29. The zero-order valence-electron chi connectivity index (χ0n) is 15.5. The Morgan fingerprint density at radius 2 is 1.78 bits per heavy atom. The van der Waals surface area contributed by atoms with Crippen molar-refractivity contribution in [2.45, 2.75) is 31.8 Å². The third kappa shape index (κ3) is 3.22. The van der Waals surface area contributed by atoms with Crippen LogP contribution in [0.5, 0.6) is 0 Å². The molecular weight excluding hydrogens is 362 g/mol. The van der Waals surface area contributed by atoms with Crippen LogP contribution < -0.4 is 9.62 Å². The topological polar surface area (TPSA) is 83.3 Å². The molecular formula is C19H22N5O2S+. The average Bonchev–Trinajstić information content (AvgIpc) is 3.18. The minimum absolute atomic E-state index is 0.241. The van der Waals surface area contributed by atoms with Gasteiger partial charge in [0, 0.05) is 26.2 Å². The lowest BCUT2D eigenvalue weighted by atomic mass is 10.1. The molecule has 0 saturated heterocycles. The summed E-state index contributed by atoms with van der Waals surface area (Å²) in [7, 11) is -1.67. The number of hydrogen-bond acceptors (Lipinski definition) is 4. The molecule has 1 aliphatic heterocycles. The fourth-order valence-electron chi connectivity index (χ4n) is 3.34. The van der Waals surface area contributed by atoms with Crippen LogP contribution >= 0.6 is 0 Å². The Bertz CT molecular complexity index is 1020. The summed E-state index contributed by atoms with van der Waals surface area (Å²) >= 11 is 0. The van der Waals surface area contributed by atoms with Crippen molar-refractivity contribution in [1.29, 1.82) is 0 Å². The third-order valence-corrected chi connectivity index (χ3v) is 6.32. The minimum Gasteiger partial charge on any atom is -0.348 e. The van der Waals surface area contributed by atoms with Gasteiger partial charge in [-0.2, -0.15) is 14.4 Å². The second-order valence-corrected chi connectivity index (χ2v) is 8.50. The lowest BCUT2D eigenvalue weighted by Crippen LogP contribution is -2.22. The van der Waals surface area contributed by atoms with Crippen molar-refractivity contribution in [3.8, 4) is 0 Å². The molecule has 1 aliphatic rings. The SMILES string of the molecule is Cc1nn(C)c(C)c1N[S+](=O)(O)c1ccc(N2Cc3ccccc3C2)nc1. The van der Waals surface area contributed by atoms with Crippen LogP contribution in [0, 0.1) is 13.8 Å². The minimum atomic E-state index is -3.47. The maximum atomic E-state index is 12.8. The summed E-state index contributed by atoms with van der Waals surface area (Å²) < 4.78 is 27.8.